The van der Waals surface area contributed by atoms with Gasteiger partial charge in [0.15, 0.2) is 5.65 Å². The van der Waals surface area contributed by atoms with Crippen LogP contribution in [-0.4, -0.2) is 33.6 Å². The van der Waals surface area contributed by atoms with E-state index in [1.54, 1.807) is 22.8 Å². The summed E-state index contributed by atoms with van der Waals surface area (Å²) < 4.78 is 1.60. The van der Waals surface area contributed by atoms with Crippen molar-refractivity contribution in [2.24, 2.45) is 0 Å². The van der Waals surface area contributed by atoms with Gasteiger partial charge in [-0.3, -0.25) is 4.79 Å². The third-order valence-corrected chi connectivity index (χ3v) is 2.73. The molecule has 0 saturated carbocycles. The minimum absolute atomic E-state index is 0.0289. The number of nitrogens with one attached hydrogen (secondary N) is 2. The zero-order valence-corrected chi connectivity index (χ0v) is 11.4. The summed E-state index contributed by atoms with van der Waals surface area (Å²) in [4.78, 5) is 15.7. The molecule has 0 aliphatic rings. The van der Waals surface area contributed by atoms with E-state index >= 15 is 0 Å². The number of nitrogens with zero attached hydrogens (tertiary/aromatic N) is 3. The lowest BCUT2D eigenvalue weighted by atomic mass is 10.4. The molecule has 7 heteroatoms. The van der Waals surface area contributed by atoms with E-state index in [9.17, 15) is 4.79 Å². The predicted octanol–water partition coefficient (Wildman–Crippen LogP) is 1.71. The van der Waals surface area contributed by atoms with Crippen molar-refractivity contribution in [2.45, 2.75) is 19.8 Å². The summed E-state index contributed by atoms with van der Waals surface area (Å²) in [6.07, 6.45) is 3.02. The Labute approximate surface area is 116 Å². The van der Waals surface area contributed by atoms with Gasteiger partial charge in [-0.2, -0.15) is 4.98 Å². The summed E-state index contributed by atoms with van der Waals surface area (Å²) >= 11 is 5.86. The number of hydrogen-bond acceptors (Lipinski definition) is 4. The summed E-state index contributed by atoms with van der Waals surface area (Å²) in [5.74, 6) is 0.520. The smallest absolute Gasteiger partial charge is 0.243 e. The molecule has 0 radical (unpaired) electrons. The molecule has 0 atom stereocenters. The summed E-state index contributed by atoms with van der Waals surface area (Å²) in [6.45, 7) is 3.23. The van der Waals surface area contributed by atoms with Crippen molar-refractivity contribution in [3.05, 3.63) is 23.4 Å². The van der Waals surface area contributed by atoms with Crippen LogP contribution in [-0.2, 0) is 4.79 Å². The Hall–Kier alpha value is -1.82. The van der Waals surface area contributed by atoms with Crippen molar-refractivity contribution in [3.8, 4) is 0 Å². The van der Waals surface area contributed by atoms with E-state index in [1.165, 1.54) is 0 Å². The number of fused-ring (bicyclic) bond motifs is 1. The number of rotatable bonds is 6. The molecule has 1 amide bonds. The first kappa shape index (κ1) is 13.6. The second-order valence-electron chi connectivity index (χ2n) is 4.11. The molecular formula is C12H16ClN5O. The number of aromatic nitrogens is 3. The van der Waals surface area contributed by atoms with Crippen molar-refractivity contribution < 1.29 is 4.79 Å². The van der Waals surface area contributed by atoms with E-state index < -0.39 is 0 Å². The minimum atomic E-state index is 0.0289. The topological polar surface area (TPSA) is 71.3 Å². The lowest BCUT2D eigenvalue weighted by Gasteiger charge is -2.03. The Balaban J connectivity index is 1.86. The normalized spacial score (nSPS) is 10.6. The van der Waals surface area contributed by atoms with E-state index in [2.05, 4.69) is 20.7 Å². The van der Waals surface area contributed by atoms with Crippen molar-refractivity contribution in [3.63, 3.8) is 0 Å². The molecule has 0 spiro atoms. The zero-order chi connectivity index (χ0) is 13.7. The number of carbonyl (C=O) groups is 1. The number of amides is 1. The van der Waals surface area contributed by atoms with E-state index in [1.807, 2.05) is 6.92 Å². The fourth-order valence-electron chi connectivity index (χ4n) is 1.57. The van der Waals surface area contributed by atoms with Crippen LogP contribution in [0.4, 0.5) is 5.95 Å². The molecule has 2 heterocycles. The molecule has 2 N–H and O–H groups in total. The SMILES string of the molecule is CCCNC(=O)CCNc1nc2ccc(Cl)cn2n1. The van der Waals surface area contributed by atoms with Crippen LogP contribution in [0.1, 0.15) is 19.8 Å². The Morgan fingerprint density at radius 2 is 2.26 bits per heavy atom. The number of anilines is 1. The molecular weight excluding hydrogens is 266 g/mol. The van der Waals surface area contributed by atoms with Crippen LogP contribution < -0.4 is 10.6 Å². The van der Waals surface area contributed by atoms with Crippen LogP contribution in [0.15, 0.2) is 18.3 Å². The molecule has 0 saturated heterocycles. The van der Waals surface area contributed by atoms with Gasteiger partial charge in [-0.25, -0.2) is 4.52 Å². The molecule has 2 rings (SSSR count). The quantitative estimate of drug-likeness (QED) is 0.846. The highest BCUT2D eigenvalue weighted by atomic mass is 35.5. The van der Waals surface area contributed by atoms with Crippen LogP contribution >= 0.6 is 11.6 Å². The summed E-state index contributed by atoms with van der Waals surface area (Å²) in [6, 6.07) is 3.54. The van der Waals surface area contributed by atoms with Crippen molar-refractivity contribution in [1.29, 1.82) is 0 Å². The second-order valence-corrected chi connectivity index (χ2v) is 4.55. The van der Waals surface area contributed by atoms with Gasteiger partial charge in [0.2, 0.25) is 11.9 Å². The molecule has 19 heavy (non-hydrogen) atoms. The first-order valence-corrected chi connectivity index (χ1v) is 6.59. The average molecular weight is 282 g/mol. The van der Waals surface area contributed by atoms with E-state index in [0.717, 1.165) is 6.42 Å². The fraction of sp³-hybridized carbons (Fsp3) is 0.417. The van der Waals surface area contributed by atoms with Crippen molar-refractivity contribution in [2.75, 3.05) is 18.4 Å². The fourth-order valence-corrected chi connectivity index (χ4v) is 1.73. The van der Waals surface area contributed by atoms with Crippen molar-refractivity contribution in [1.82, 2.24) is 19.9 Å². The van der Waals surface area contributed by atoms with E-state index in [4.69, 9.17) is 11.6 Å². The van der Waals surface area contributed by atoms with Crippen LogP contribution in [0, 0.1) is 0 Å². The van der Waals surface area contributed by atoms with E-state index in [0.29, 0.717) is 36.1 Å². The van der Waals surface area contributed by atoms with Gasteiger partial charge in [0.25, 0.3) is 0 Å². The third kappa shape index (κ3) is 3.82. The Bertz CT molecular complexity index is 568. The van der Waals surface area contributed by atoms with E-state index in [-0.39, 0.29) is 5.91 Å². The van der Waals surface area contributed by atoms with Gasteiger partial charge in [0.05, 0.1) is 5.02 Å². The van der Waals surface area contributed by atoms with Crippen LogP contribution in [0.3, 0.4) is 0 Å². The highest BCUT2D eigenvalue weighted by Gasteiger charge is 2.04. The van der Waals surface area contributed by atoms with Crippen LogP contribution in [0.2, 0.25) is 5.02 Å². The number of pyridine rings is 1. The number of halogens is 1. The minimum Gasteiger partial charge on any atom is -0.356 e. The summed E-state index contributed by atoms with van der Waals surface area (Å²) in [5.41, 5.74) is 0.710. The molecule has 0 unspecified atom stereocenters. The van der Waals surface area contributed by atoms with Gasteiger partial charge in [0.1, 0.15) is 0 Å². The Kier molecular flexibility index (Phi) is 4.57. The first-order valence-electron chi connectivity index (χ1n) is 6.21. The standard InChI is InChI=1S/C12H16ClN5O/c1-2-6-14-11(19)5-7-15-12-16-10-4-3-9(13)8-18(10)17-12/h3-4,8H,2,5-7H2,1H3,(H,14,19)(H,15,17). The predicted molar refractivity (Wildman–Crippen MR) is 74.4 cm³/mol. The zero-order valence-electron chi connectivity index (χ0n) is 10.7. The maximum absolute atomic E-state index is 11.4. The lowest BCUT2D eigenvalue weighted by molar-refractivity contribution is -0.120. The second kappa shape index (κ2) is 6.38. The third-order valence-electron chi connectivity index (χ3n) is 2.50. The van der Waals surface area contributed by atoms with Gasteiger partial charge in [0, 0.05) is 25.7 Å². The van der Waals surface area contributed by atoms with Gasteiger partial charge < -0.3 is 10.6 Å². The molecule has 6 nitrogen and oxygen atoms in total. The average Bonchev–Trinajstić information content (AvgIpc) is 2.78. The lowest BCUT2D eigenvalue weighted by Crippen LogP contribution is -2.26. The maximum atomic E-state index is 11.4. The molecule has 102 valence electrons. The monoisotopic (exact) mass is 281 g/mol. The molecule has 2 aromatic heterocycles. The number of carbonyl (C=O) groups excluding carboxylic acids is 1. The highest BCUT2D eigenvalue weighted by molar-refractivity contribution is 6.30. The largest absolute Gasteiger partial charge is 0.356 e. The van der Waals surface area contributed by atoms with Gasteiger partial charge in [-0.05, 0) is 18.6 Å². The molecule has 0 aliphatic carbocycles. The summed E-state index contributed by atoms with van der Waals surface area (Å²) in [5, 5.41) is 10.6. The van der Waals surface area contributed by atoms with Crippen LogP contribution in [0.5, 0.6) is 0 Å². The number of hydrogen-bond donors (Lipinski definition) is 2. The van der Waals surface area contributed by atoms with Gasteiger partial charge >= 0.3 is 0 Å². The summed E-state index contributed by atoms with van der Waals surface area (Å²) in [7, 11) is 0. The maximum Gasteiger partial charge on any atom is 0.243 e. The highest BCUT2D eigenvalue weighted by Crippen LogP contribution is 2.11. The molecule has 0 aromatic carbocycles. The van der Waals surface area contributed by atoms with Gasteiger partial charge in [-0.15, -0.1) is 5.10 Å². The Morgan fingerprint density at radius 1 is 1.42 bits per heavy atom. The molecule has 0 fully saturated rings. The van der Waals surface area contributed by atoms with Gasteiger partial charge in [-0.1, -0.05) is 18.5 Å². The van der Waals surface area contributed by atoms with Crippen LogP contribution in [0.25, 0.3) is 5.65 Å². The molecule has 0 aliphatic heterocycles. The molecule has 0 bridgehead atoms. The first-order chi connectivity index (χ1) is 9.19. The molecule has 2 aromatic rings. The van der Waals surface area contributed by atoms with Crippen molar-refractivity contribution >= 4 is 29.1 Å². The Morgan fingerprint density at radius 3 is 3.05 bits per heavy atom.